The first-order valence-corrected chi connectivity index (χ1v) is 5.35. The summed E-state index contributed by atoms with van der Waals surface area (Å²) in [5.41, 5.74) is 6.67. The van der Waals surface area contributed by atoms with E-state index in [1.54, 1.807) is 24.4 Å². The van der Waals surface area contributed by atoms with Gasteiger partial charge in [0.1, 0.15) is 0 Å². The van der Waals surface area contributed by atoms with Crippen LogP contribution in [0.1, 0.15) is 5.56 Å². The molecule has 2 aromatic rings. The van der Waals surface area contributed by atoms with E-state index in [1.165, 1.54) is 10.9 Å². The molecule has 5 nitrogen and oxygen atoms in total. The van der Waals surface area contributed by atoms with Crippen molar-refractivity contribution in [3.05, 3.63) is 46.2 Å². The van der Waals surface area contributed by atoms with E-state index in [0.717, 1.165) is 0 Å². The molecule has 0 aliphatic rings. The Morgan fingerprint density at radius 2 is 2.12 bits per heavy atom. The lowest BCUT2D eigenvalue weighted by atomic mass is 10.1. The Kier molecular flexibility index (Phi) is 3.21. The molecule has 0 saturated carbocycles. The van der Waals surface area contributed by atoms with E-state index >= 15 is 0 Å². The number of amidine groups is 1. The number of halogens is 2. The van der Waals surface area contributed by atoms with Crippen LogP contribution < -0.4 is 5.73 Å². The predicted octanol–water partition coefficient (Wildman–Crippen LogP) is 2.27. The molecule has 1 heterocycles. The second kappa shape index (κ2) is 4.65. The Labute approximate surface area is 107 Å². The Hall–Kier alpha value is -1.72. The summed E-state index contributed by atoms with van der Waals surface area (Å²) < 4.78 is 1.52. The summed E-state index contributed by atoms with van der Waals surface area (Å²) in [4.78, 5) is 0. The van der Waals surface area contributed by atoms with Crippen molar-refractivity contribution in [3.63, 3.8) is 0 Å². The normalized spacial score (nSPS) is 11.8. The quantitative estimate of drug-likeness (QED) is 0.380. The monoisotopic (exact) mass is 270 g/mol. The van der Waals surface area contributed by atoms with Crippen LogP contribution in [0.25, 0.3) is 5.69 Å². The van der Waals surface area contributed by atoms with Gasteiger partial charge in [0, 0.05) is 16.8 Å². The fourth-order valence-electron chi connectivity index (χ4n) is 1.40. The molecule has 17 heavy (non-hydrogen) atoms. The van der Waals surface area contributed by atoms with Gasteiger partial charge in [-0.25, -0.2) is 4.68 Å². The average molecular weight is 271 g/mol. The van der Waals surface area contributed by atoms with Crippen molar-refractivity contribution in [2.75, 3.05) is 0 Å². The summed E-state index contributed by atoms with van der Waals surface area (Å²) in [5, 5.41) is 16.7. The number of aromatic nitrogens is 2. The van der Waals surface area contributed by atoms with Gasteiger partial charge >= 0.3 is 0 Å². The number of oxime groups is 1. The van der Waals surface area contributed by atoms with E-state index in [2.05, 4.69) is 10.3 Å². The minimum Gasteiger partial charge on any atom is -0.409 e. The van der Waals surface area contributed by atoms with Gasteiger partial charge in [-0.1, -0.05) is 28.4 Å². The molecule has 0 bridgehead atoms. The van der Waals surface area contributed by atoms with Crippen LogP contribution in [0.3, 0.4) is 0 Å². The van der Waals surface area contributed by atoms with Crippen LogP contribution in [0.4, 0.5) is 0 Å². The lowest BCUT2D eigenvalue weighted by molar-refractivity contribution is 0.318. The molecule has 0 spiro atoms. The maximum atomic E-state index is 8.72. The molecule has 0 radical (unpaired) electrons. The summed E-state index contributed by atoms with van der Waals surface area (Å²) in [7, 11) is 0. The molecule has 0 aliphatic heterocycles. The molecular formula is C10H8Cl2N4O. The number of hydrogen-bond acceptors (Lipinski definition) is 3. The Bertz CT molecular complexity index is 579. The van der Waals surface area contributed by atoms with Crippen LogP contribution in [0, 0.1) is 0 Å². The minimum atomic E-state index is -0.0471. The van der Waals surface area contributed by atoms with E-state index in [1.807, 2.05) is 0 Å². The highest BCUT2D eigenvalue weighted by atomic mass is 35.5. The Balaban J connectivity index is 2.61. The fourth-order valence-corrected chi connectivity index (χ4v) is 1.71. The third kappa shape index (κ3) is 2.35. The first kappa shape index (κ1) is 11.8. The molecule has 0 atom stereocenters. The average Bonchev–Trinajstić information content (AvgIpc) is 2.74. The highest BCUT2D eigenvalue weighted by Crippen LogP contribution is 2.20. The van der Waals surface area contributed by atoms with E-state index < -0.39 is 0 Å². The number of hydrogen-bond donors (Lipinski definition) is 2. The lowest BCUT2D eigenvalue weighted by Crippen LogP contribution is -2.16. The molecule has 0 amide bonds. The van der Waals surface area contributed by atoms with E-state index in [-0.39, 0.29) is 5.84 Å². The maximum absolute atomic E-state index is 8.72. The van der Waals surface area contributed by atoms with Crippen molar-refractivity contribution in [1.29, 1.82) is 0 Å². The number of rotatable bonds is 2. The molecule has 0 unspecified atom stereocenters. The van der Waals surface area contributed by atoms with Crippen LogP contribution >= 0.6 is 23.2 Å². The second-order valence-corrected chi connectivity index (χ2v) is 4.12. The van der Waals surface area contributed by atoms with Crippen molar-refractivity contribution >= 4 is 29.0 Å². The summed E-state index contributed by atoms with van der Waals surface area (Å²) in [5.74, 6) is -0.0471. The summed E-state index contributed by atoms with van der Waals surface area (Å²) >= 11 is 11.6. The highest BCUT2D eigenvalue weighted by Gasteiger charge is 2.10. The van der Waals surface area contributed by atoms with Gasteiger partial charge in [0.2, 0.25) is 0 Å². The predicted molar refractivity (Wildman–Crippen MR) is 66.1 cm³/mol. The maximum Gasteiger partial charge on any atom is 0.172 e. The van der Waals surface area contributed by atoms with Gasteiger partial charge in [-0.05, 0) is 18.2 Å². The van der Waals surface area contributed by atoms with E-state index in [0.29, 0.717) is 21.3 Å². The molecule has 0 fully saturated rings. The summed E-state index contributed by atoms with van der Waals surface area (Å²) in [6.07, 6.45) is 3.10. The van der Waals surface area contributed by atoms with Crippen LogP contribution in [0.2, 0.25) is 10.0 Å². The van der Waals surface area contributed by atoms with E-state index in [4.69, 9.17) is 34.1 Å². The van der Waals surface area contributed by atoms with Crippen molar-refractivity contribution in [2.45, 2.75) is 0 Å². The van der Waals surface area contributed by atoms with Gasteiger partial charge in [-0.3, -0.25) is 0 Å². The molecule has 2 rings (SSSR count). The number of nitrogens with zero attached hydrogens (tertiary/aromatic N) is 3. The smallest absolute Gasteiger partial charge is 0.172 e. The van der Waals surface area contributed by atoms with Crippen molar-refractivity contribution < 1.29 is 5.21 Å². The van der Waals surface area contributed by atoms with Gasteiger partial charge in [-0.15, -0.1) is 0 Å². The van der Waals surface area contributed by atoms with Gasteiger partial charge in [0.05, 0.1) is 16.9 Å². The molecule has 88 valence electrons. The first-order chi connectivity index (χ1) is 8.11. The van der Waals surface area contributed by atoms with Crippen LogP contribution in [0.5, 0.6) is 0 Å². The Morgan fingerprint density at radius 3 is 2.71 bits per heavy atom. The Morgan fingerprint density at radius 1 is 1.35 bits per heavy atom. The fraction of sp³-hybridized carbons (Fsp3) is 0. The molecular weight excluding hydrogens is 263 g/mol. The SMILES string of the molecule is N/C(=N/O)c1cc(Cl)ccc1-n1cc(Cl)cn1. The van der Waals surface area contributed by atoms with Crippen LogP contribution in [-0.2, 0) is 0 Å². The minimum absolute atomic E-state index is 0.0471. The second-order valence-electron chi connectivity index (χ2n) is 3.25. The zero-order chi connectivity index (χ0) is 12.4. The molecule has 1 aromatic heterocycles. The highest BCUT2D eigenvalue weighted by molar-refractivity contribution is 6.31. The van der Waals surface area contributed by atoms with Gasteiger partial charge in [0.15, 0.2) is 5.84 Å². The summed E-state index contributed by atoms with van der Waals surface area (Å²) in [6, 6.07) is 4.97. The lowest BCUT2D eigenvalue weighted by Gasteiger charge is -2.08. The number of nitrogens with two attached hydrogens (primary N) is 1. The molecule has 1 aromatic carbocycles. The summed E-state index contributed by atoms with van der Waals surface area (Å²) in [6.45, 7) is 0. The van der Waals surface area contributed by atoms with Crippen molar-refractivity contribution in [1.82, 2.24) is 9.78 Å². The van der Waals surface area contributed by atoms with Crippen molar-refractivity contribution in [2.24, 2.45) is 10.9 Å². The molecule has 3 N–H and O–H groups in total. The van der Waals surface area contributed by atoms with E-state index in [9.17, 15) is 0 Å². The van der Waals surface area contributed by atoms with Crippen molar-refractivity contribution in [3.8, 4) is 5.69 Å². The molecule has 0 saturated heterocycles. The third-order valence-electron chi connectivity index (χ3n) is 2.14. The van der Waals surface area contributed by atoms with Gasteiger partial charge in [0.25, 0.3) is 0 Å². The first-order valence-electron chi connectivity index (χ1n) is 4.60. The zero-order valence-electron chi connectivity index (χ0n) is 8.51. The standard InChI is InChI=1S/C10H8Cl2N4O/c11-6-1-2-9(8(3-6)10(13)15-17)16-5-7(12)4-14-16/h1-5,17H,(H2,13,15). The van der Waals surface area contributed by atoms with Crippen LogP contribution in [0.15, 0.2) is 35.7 Å². The van der Waals surface area contributed by atoms with Gasteiger partial charge in [-0.2, -0.15) is 5.10 Å². The van der Waals surface area contributed by atoms with Gasteiger partial charge < -0.3 is 10.9 Å². The van der Waals surface area contributed by atoms with Crippen LogP contribution in [-0.4, -0.2) is 20.8 Å². The molecule has 0 aliphatic carbocycles. The largest absolute Gasteiger partial charge is 0.409 e. The third-order valence-corrected chi connectivity index (χ3v) is 2.57. The molecule has 7 heteroatoms. The number of benzene rings is 1. The topological polar surface area (TPSA) is 76.4 Å². The zero-order valence-corrected chi connectivity index (χ0v) is 10.0.